The summed E-state index contributed by atoms with van der Waals surface area (Å²) in [7, 11) is 0. The van der Waals surface area contributed by atoms with Crippen molar-refractivity contribution in [3.8, 4) is 0 Å². The number of Topliss-reactive ketones (excluding diaryl/α,β-unsaturated/α-hetero) is 1. The maximum atomic E-state index is 11.8. The van der Waals surface area contributed by atoms with Crippen LogP contribution in [0.25, 0.3) is 0 Å². The molecule has 46 heavy (non-hydrogen) atoms. The molecule has 0 aliphatic heterocycles. The van der Waals surface area contributed by atoms with E-state index in [1.54, 1.807) is 0 Å². The van der Waals surface area contributed by atoms with Crippen molar-refractivity contribution in [2.45, 2.75) is 103 Å². The molecule has 0 radical (unpaired) electrons. The van der Waals surface area contributed by atoms with Crippen molar-refractivity contribution < 1.29 is 38.7 Å². The van der Waals surface area contributed by atoms with Crippen LogP contribution in [0.1, 0.15) is 91.4 Å². The van der Waals surface area contributed by atoms with E-state index < -0.39 is 12.1 Å². The molecule has 16 heteroatoms. The maximum Gasteiger partial charge on any atom is 0.221 e. The summed E-state index contributed by atoms with van der Waals surface area (Å²) in [6.45, 7) is 7.24. The summed E-state index contributed by atoms with van der Waals surface area (Å²) in [5.41, 5.74) is 10.8. The fraction of sp³-hybridized carbons (Fsp3) is 0.733. The molecule has 2 unspecified atom stereocenters. The van der Waals surface area contributed by atoms with Crippen molar-refractivity contribution in [3.05, 3.63) is 0 Å². The van der Waals surface area contributed by atoms with Gasteiger partial charge in [-0.15, -0.1) is 0 Å². The Hall–Kier alpha value is -3.76. The van der Waals surface area contributed by atoms with E-state index in [-0.39, 0.29) is 74.8 Å². The molecule has 0 aromatic carbocycles. The molecule has 0 spiro atoms. The molecule has 0 saturated heterocycles. The van der Waals surface area contributed by atoms with E-state index in [0.29, 0.717) is 45.2 Å². The van der Waals surface area contributed by atoms with Crippen LogP contribution in [0.15, 0.2) is 5.16 Å². The average molecular weight is 659 g/mol. The highest BCUT2D eigenvalue weighted by molar-refractivity contribution is 5.89. The SMILES string of the molecule is CC.CC(=O)C(CCCCN)NC(=O)CCC(=O)NC/C=N\OCCCO.N=CCNC(=O)CCC(=O)NC(C=O)CCCCN. The van der Waals surface area contributed by atoms with Gasteiger partial charge in [-0.3, -0.25) is 24.0 Å². The number of aliphatic hydroxyl groups is 1. The van der Waals surface area contributed by atoms with Gasteiger partial charge in [-0.25, -0.2) is 0 Å². The van der Waals surface area contributed by atoms with Crippen molar-refractivity contribution >= 4 is 48.1 Å². The fourth-order valence-electron chi connectivity index (χ4n) is 3.33. The first-order valence-electron chi connectivity index (χ1n) is 15.9. The lowest BCUT2D eigenvalue weighted by Gasteiger charge is -2.15. The largest absolute Gasteiger partial charge is 0.396 e. The first-order valence-corrected chi connectivity index (χ1v) is 15.9. The molecule has 10 N–H and O–H groups in total. The van der Waals surface area contributed by atoms with Gasteiger partial charge in [-0.1, -0.05) is 19.0 Å². The van der Waals surface area contributed by atoms with E-state index in [2.05, 4.69) is 26.4 Å². The van der Waals surface area contributed by atoms with Crippen LogP contribution in [-0.4, -0.2) is 105 Å². The molecule has 16 nitrogen and oxygen atoms in total. The maximum absolute atomic E-state index is 11.8. The minimum Gasteiger partial charge on any atom is -0.396 e. The summed E-state index contributed by atoms with van der Waals surface area (Å²) in [4.78, 5) is 73.2. The number of aliphatic hydroxyl groups excluding tert-OH is 1. The average Bonchev–Trinajstić information content (AvgIpc) is 3.05. The zero-order chi connectivity index (χ0) is 35.4. The molecule has 0 heterocycles. The summed E-state index contributed by atoms with van der Waals surface area (Å²) >= 11 is 0. The number of nitrogens with two attached hydrogens (primary N) is 2. The standard InChI is InChI=1S/C16H30N4O5.C12H22N4O3.C2H6/c1-13(22)14(5-2-3-8-17)20-16(24)7-6-15(23)18-9-10-19-25-12-4-11-21;13-6-2-1-3-10(9-17)16-12(19)5-4-11(18)15-8-7-14;1-2/h10,14,21H,2-9,11-12,17H2,1H3,(H,18,23)(H,20,24);7,9-10,14H,1-6,8,13H2,(H,15,18)(H,16,19);1-2H3/b19-10-;;. The van der Waals surface area contributed by atoms with Crippen LogP contribution in [0.4, 0.5) is 0 Å². The zero-order valence-electron chi connectivity index (χ0n) is 27.8. The second-order valence-electron chi connectivity index (χ2n) is 9.62. The van der Waals surface area contributed by atoms with Crippen LogP contribution in [0.5, 0.6) is 0 Å². The number of oxime groups is 1. The molecule has 0 rings (SSSR count). The smallest absolute Gasteiger partial charge is 0.221 e. The molecule has 0 aliphatic rings. The van der Waals surface area contributed by atoms with Crippen LogP contribution < -0.4 is 32.7 Å². The minimum atomic E-state index is -0.523. The Balaban J connectivity index is -0.000000788. The Kier molecular flexibility index (Phi) is 36.2. The minimum absolute atomic E-state index is 0.0106. The van der Waals surface area contributed by atoms with Crippen molar-refractivity contribution in [1.29, 1.82) is 5.41 Å². The number of carbonyl (C=O) groups is 6. The number of unbranched alkanes of at least 4 members (excludes halogenated alkanes) is 2. The number of carbonyl (C=O) groups excluding carboxylic acids is 6. The van der Waals surface area contributed by atoms with E-state index in [0.717, 1.165) is 31.9 Å². The third kappa shape index (κ3) is 33.1. The lowest BCUT2D eigenvalue weighted by atomic mass is 10.1. The highest BCUT2D eigenvalue weighted by Crippen LogP contribution is 2.03. The number of hydrogen-bond acceptors (Lipinski definition) is 12. The summed E-state index contributed by atoms with van der Waals surface area (Å²) in [5.74, 6) is -1.34. The molecule has 266 valence electrons. The van der Waals surface area contributed by atoms with Gasteiger partial charge in [0.25, 0.3) is 0 Å². The molecular formula is C30H58N8O8. The summed E-state index contributed by atoms with van der Waals surface area (Å²) in [6, 6.07) is -1.03. The molecule has 0 fully saturated rings. The van der Waals surface area contributed by atoms with Crippen LogP contribution in [0.3, 0.4) is 0 Å². The fourth-order valence-corrected chi connectivity index (χ4v) is 3.33. The predicted molar refractivity (Wildman–Crippen MR) is 177 cm³/mol. The molecule has 0 aromatic rings. The van der Waals surface area contributed by atoms with Gasteiger partial charge in [0.05, 0.1) is 31.4 Å². The number of nitrogens with one attached hydrogen (secondary N) is 5. The Morgan fingerprint density at radius 3 is 1.83 bits per heavy atom. The molecule has 0 bridgehead atoms. The normalized spacial score (nSPS) is 11.3. The van der Waals surface area contributed by atoms with Gasteiger partial charge < -0.3 is 52.9 Å². The van der Waals surface area contributed by atoms with Gasteiger partial charge in [0.1, 0.15) is 12.9 Å². The monoisotopic (exact) mass is 658 g/mol. The molecule has 4 amide bonds. The number of ketones is 1. The third-order valence-electron chi connectivity index (χ3n) is 5.75. The van der Waals surface area contributed by atoms with Crippen molar-refractivity contribution in [1.82, 2.24) is 21.3 Å². The molecule has 0 aliphatic carbocycles. The van der Waals surface area contributed by atoms with Gasteiger partial charge in [-0.2, -0.15) is 0 Å². The Morgan fingerprint density at radius 2 is 1.33 bits per heavy atom. The third-order valence-corrected chi connectivity index (χ3v) is 5.75. The van der Waals surface area contributed by atoms with Gasteiger partial charge in [0, 0.05) is 44.9 Å². The Labute approximate surface area is 273 Å². The van der Waals surface area contributed by atoms with E-state index in [1.807, 2.05) is 13.8 Å². The van der Waals surface area contributed by atoms with Crippen molar-refractivity contribution in [2.24, 2.45) is 16.6 Å². The molecule has 0 saturated carbocycles. The molecular weight excluding hydrogens is 600 g/mol. The predicted octanol–water partition coefficient (Wildman–Crippen LogP) is -0.158. The first kappa shape index (κ1) is 46.7. The Bertz CT molecular complexity index is 874. The van der Waals surface area contributed by atoms with Crippen LogP contribution in [0, 0.1) is 5.41 Å². The number of nitrogens with zero attached hydrogens (tertiary/aromatic N) is 1. The van der Waals surface area contributed by atoms with Crippen molar-refractivity contribution in [2.75, 3.05) is 39.4 Å². The first-order chi connectivity index (χ1) is 22.1. The van der Waals surface area contributed by atoms with E-state index >= 15 is 0 Å². The van der Waals surface area contributed by atoms with Gasteiger partial charge in [0.2, 0.25) is 23.6 Å². The highest BCUT2D eigenvalue weighted by atomic mass is 16.6. The number of aldehydes is 1. The zero-order valence-corrected chi connectivity index (χ0v) is 27.8. The van der Waals surface area contributed by atoms with Gasteiger partial charge in [0.15, 0.2) is 5.78 Å². The molecule has 2 atom stereocenters. The van der Waals surface area contributed by atoms with Crippen LogP contribution in [-0.2, 0) is 33.6 Å². The summed E-state index contributed by atoms with van der Waals surface area (Å²) in [6.07, 6.45) is 8.03. The lowest BCUT2D eigenvalue weighted by molar-refractivity contribution is -0.128. The van der Waals surface area contributed by atoms with E-state index in [4.69, 9.17) is 26.8 Å². The van der Waals surface area contributed by atoms with Crippen LogP contribution in [0.2, 0.25) is 0 Å². The molecule has 0 aromatic heterocycles. The van der Waals surface area contributed by atoms with E-state index in [9.17, 15) is 28.8 Å². The van der Waals surface area contributed by atoms with Gasteiger partial charge >= 0.3 is 0 Å². The Morgan fingerprint density at radius 1 is 0.804 bits per heavy atom. The summed E-state index contributed by atoms with van der Waals surface area (Å²) in [5, 5.41) is 29.1. The summed E-state index contributed by atoms with van der Waals surface area (Å²) < 4.78 is 0. The quantitative estimate of drug-likeness (QED) is 0.0263. The number of amides is 4. The second kappa shape index (κ2) is 35.7. The van der Waals surface area contributed by atoms with E-state index in [1.165, 1.54) is 13.1 Å². The second-order valence-corrected chi connectivity index (χ2v) is 9.62. The number of hydrogen-bond donors (Lipinski definition) is 8. The highest BCUT2D eigenvalue weighted by Gasteiger charge is 2.17. The lowest BCUT2D eigenvalue weighted by Crippen LogP contribution is -2.40. The topological polar surface area (TPSA) is 268 Å². The van der Waals surface area contributed by atoms with Crippen molar-refractivity contribution in [3.63, 3.8) is 0 Å². The van der Waals surface area contributed by atoms with Gasteiger partial charge in [-0.05, 0) is 58.5 Å². The van der Waals surface area contributed by atoms with Crippen LogP contribution >= 0.6 is 0 Å². The number of rotatable bonds is 26.